The molecule has 5 rings (SSSR count). The lowest BCUT2D eigenvalue weighted by Gasteiger charge is -2.36. The van der Waals surface area contributed by atoms with Crippen molar-refractivity contribution in [1.29, 1.82) is 0 Å². The fourth-order valence-corrected chi connectivity index (χ4v) is 6.49. The minimum Gasteiger partial charge on any atom is -0.500 e. The number of hydrogen-bond donors (Lipinski definition) is 2. The van der Waals surface area contributed by atoms with Crippen molar-refractivity contribution in [1.82, 2.24) is 5.32 Å². The summed E-state index contributed by atoms with van der Waals surface area (Å²) < 4.78 is 11.1. The molecule has 1 aliphatic heterocycles. The summed E-state index contributed by atoms with van der Waals surface area (Å²) in [5.74, 6) is -2.28. The third kappa shape index (κ3) is 4.61. The van der Waals surface area contributed by atoms with E-state index in [9.17, 15) is 24.8 Å². The lowest BCUT2D eigenvalue weighted by molar-refractivity contribution is -0.386. The molecule has 1 aromatic carbocycles. The van der Waals surface area contributed by atoms with Crippen molar-refractivity contribution in [3.63, 3.8) is 0 Å². The molecule has 2 aromatic rings. The molecule has 2 aliphatic carbocycles. The van der Waals surface area contributed by atoms with Gasteiger partial charge in [0.1, 0.15) is 6.10 Å². The average Bonchev–Trinajstić information content (AvgIpc) is 3.57. The van der Waals surface area contributed by atoms with Crippen LogP contribution in [0.3, 0.4) is 0 Å². The number of nitrogens with zero attached hydrogens (tertiary/aromatic N) is 1. The predicted octanol–water partition coefficient (Wildman–Crippen LogP) is 5.22. The molecule has 9 nitrogen and oxygen atoms in total. The number of rotatable bonds is 6. The first-order chi connectivity index (χ1) is 17.8. The van der Waals surface area contributed by atoms with Crippen LogP contribution >= 0.6 is 11.3 Å². The maximum Gasteiger partial charge on any atom is 0.337 e. The predicted molar refractivity (Wildman–Crippen MR) is 137 cm³/mol. The summed E-state index contributed by atoms with van der Waals surface area (Å²) in [7, 11) is 1.30. The zero-order valence-corrected chi connectivity index (χ0v) is 21.4. The highest BCUT2D eigenvalue weighted by atomic mass is 32.1. The molecule has 0 radical (unpaired) electrons. The molecule has 0 bridgehead atoms. The number of carbonyl (C=O) groups is 2. The van der Waals surface area contributed by atoms with Crippen molar-refractivity contribution >= 4 is 28.8 Å². The Morgan fingerprint density at radius 2 is 2.00 bits per heavy atom. The summed E-state index contributed by atoms with van der Waals surface area (Å²) in [5, 5.41) is 27.4. The summed E-state index contributed by atoms with van der Waals surface area (Å²) in [6, 6.07) is 6.64. The first-order valence-corrected chi connectivity index (χ1v) is 13.2. The van der Waals surface area contributed by atoms with E-state index >= 15 is 0 Å². The number of benzene rings is 1. The van der Waals surface area contributed by atoms with Crippen LogP contribution in [0, 0.1) is 10.1 Å². The van der Waals surface area contributed by atoms with Crippen LogP contribution in [-0.2, 0) is 14.3 Å². The van der Waals surface area contributed by atoms with Gasteiger partial charge in [-0.2, -0.15) is 0 Å². The molecular weight excluding hydrogens is 496 g/mol. The van der Waals surface area contributed by atoms with Gasteiger partial charge in [0.15, 0.2) is 11.5 Å². The van der Waals surface area contributed by atoms with Crippen molar-refractivity contribution in [2.24, 2.45) is 0 Å². The molecule has 3 aliphatic rings. The summed E-state index contributed by atoms with van der Waals surface area (Å²) >= 11 is 1.60. The van der Waals surface area contributed by atoms with Gasteiger partial charge in [-0.3, -0.25) is 14.9 Å². The number of phenols is 1. The summed E-state index contributed by atoms with van der Waals surface area (Å²) in [6.45, 7) is 1.76. The monoisotopic (exact) mass is 524 g/mol. The standard InChI is InChI=1S/C27H28N2O7S/c1-14-23(27(32)36-17-6-3-4-7-17)24(16-11-19(29(33)34)26(31)21(13-16)35-2)25-18(28-14)10-15(12-20(25)30)22-8-5-9-37-22/h5,8-9,11,13,15,17,24,28,31H,3-4,6-7,10,12H2,1-2H3/t15-,24-/m1/s1. The Morgan fingerprint density at radius 1 is 1.24 bits per heavy atom. The van der Waals surface area contributed by atoms with Crippen molar-refractivity contribution in [3.8, 4) is 11.5 Å². The quantitative estimate of drug-likeness (QED) is 0.299. The number of esters is 1. The van der Waals surface area contributed by atoms with Gasteiger partial charge in [-0.25, -0.2) is 4.79 Å². The van der Waals surface area contributed by atoms with Crippen LogP contribution in [0.1, 0.15) is 67.7 Å². The van der Waals surface area contributed by atoms with E-state index in [1.54, 1.807) is 18.3 Å². The number of aromatic hydroxyl groups is 1. The highest BCUT2D eigenvalue weighted by Gasteiger charge is 2.43. The lowest BCUT2D eigenvalue weighted by atomic mass is 9.72. The van der Waals surface area contributed by atoms with Crippen molar-refractivity contribution in [3.05, 3.63) is 72.7 Å². The second kappa shape index (κ2) is 10.0. The minimum absolute atomic E-state index is 0.00267. The number of nitro benzene ring substituents is 1. The van der Waals surface area contributed by atoms with Crippen LogP contribution in [0.25, 0.3) is 0 Å². The van der Waals surface area contributed by atoms with E-state index in [4.69, 9.17) is 9.47 Å². The first-order valence-electron chi connectivity index (χ1n) is 12.3. The summed E-state index contributed by atoms with van der Waals surface area (Å²) in [6.07, 6.45) is 4.16. The van der Waals surface area contributed by atoms with Crippen LogP contribution in [0.2, 0.25) is 0 Å². The van der Waals surface area contributed by atoms with Crippen LogP contribution in [-0.4, -0.2) is 35.0 Å². The normalized spacial score (nSPS) is 22.1. The number of nitrogens with one attached hydrogen (secondary N) is 1. The van der Waals surface area contributed by atoms with E-state index in [0.717, 1.165) is 30.6 Å². The number of dihydropyridines is 1. The van der Waals surface area contributed by atoms with Gasteiger partial charge in [0.25, 0.3) is 0 Å². The number of allylic oxidation sites excluding steroid dienone is 3. The Morgan fingerprint density at radius 3 is 2.65 bits per heavy atom. The number of carbonyl (C=O) groups excluding carboxylic acids is 2. The molecule has 0 spiro atoms. The van der Waals surface area contributed by atoms with Crippen LogP contribution in [0.15, 0.2) is 52.2 Å². The largest absolute Gasteiger partial charge is 0.500 e. The number of Topliss-reactive ketones (excluding diaryl/α,β-unsaturated/α-hetero) is 1. The smallest absolute Gasteiger partial charge is 0.337 e. The molecule has 2 atom stereocenters. The Labute approximate surface area is 217 Å². The third-order valence-corrected chi connectivity index (χ3v) is 8.43. The molecule has 1 saturated carbocycles. The van der Waals surface area contributed by atoms with Crippen molar-refractivity contribution in [2.45, 2.75) is 63.4 Å². The zero-order valence-electron chi connectivity index (χ0n) is 20.6. The molecule has 1 fully saturated rings. The highest BCUT2D eigenvalue weighted by Crippen LogP contribution is 2.49. The highest BCUT2D eigenvalue weighted by molar-refractivity contribution is 7.10. The number of phenolic OH excluding ortho intramolecular Hbond substituents is 1. The van der Waals surface area contributed by atoms with Gasteiger partial charge in [-0.1, -0.05) is 6.07 Å². The molecule has 2 heterocycles. The van der Waals surface area contributed by atoms with Gasteiger partial charge in [0.05, 0.1) is 17.6 Å². The molecule has 0 unspecified atom stereocenters. The van der Waals surface area contributed by atoms with Gasteiger partial charge in [-0.15, -0.1) is 11.3 Å². The second-order valence-electron chi connectivity index (χ2n) is 9.69. The second-order valence-corrected chi connectivity index (χ2v) is 10.7. The maximum atomic E-state index is 13.7. The van der Waals surface area contributed by atoms with Gasteiger partial charge >= 0.3 is 11.7 Å². The van der Waals surface area contributed by atoms with Crippen LogP contribution < -0.4 is 10.1 Å². The van der Waals surface area contributed by atoms with Gasteiger partial charge in [0.2, 0.25) is 5.75 Å². The topological polar surface area (TPSA) is 128 Å². The number of ketones is 1. The molecule has 194 valence electrons. The molecular formula is C27H28N2O7S. The lowest BCUT2D eigenvalue weighted by Crippen LogP contribution is -2.36. The number of ether oxygens (including phenoxy) is 2. The Balaban J connectivity index is 1.64. The van der Waals surface area contributed by atoms with Gasteiger partial charge < -0.3 is 19.9 Å². The number of hydrogen-bond acceptors (Lipinski definition) is 9. The fraction of sp³-hybridized carbons (Fsp3) is 0.407. The Kier molecular flexibility index (Phi) is 6.76. The minimum atomic E-state index is -0.893. The SMILES string of the molecule is COc1cc([C@@H]2C(C(=O)OC3CCCC3)=C(C)NC3=C2C(=O)C[C@H](c2cccs2)C3)cc([N+](=O)[O-])c1O. The zero-order chi connectivity index (χ0) is 26.3. The first kappa shape index (κ1) is 25.0. The van der Waals surface area contributed by atoms with E-state index in [1.165, 1.54) is 19.2 Å². The van der Waals surface area contributed by atoms with Gasteiger partial charge in [-0.05, 0) is 62.1 Å². The maximum absolute atomic E-state index is 13.7. The Hall–Kier alpha value is -3.66. The van der Waals surface area contributed by atoms with Gasteiger partial charge in [0, 0.05) is 46.2 Å². The summed E-state index contributed by atoms with van der Waals surface area (Å²) in [5.41, 5.74) is 1.65. The van der Waals surface area contributed by atoms with Crippen LogP contribution in [0.5, 0.6) is 11.5 Å². The fourth-order valence-electron chi connectivity index (χ4n) is 5.66. The van der Waals surface area contributed by atoms with Crippen LogP contribution in [0.4, 0.5) is 5.69 Å². The van der Waals surface area contributed by atoms with E-state index < -0.39 is 28.2 Å². The van der Waals surface area contributed by atoms with E-state index in [1.807, 2.05) is 17.5 Å². The molecule has 10 heteroatoms. The number of methoxy groups -OCH3 is 1. The molecule has 2 N–H and O–H groups in total. The van der Waals surface area contributed by atoms with Crippen molar-refractivity contribution < 1.29 is 29.1 Å². The number of thiophene rings is 1. The molecule has 37 heavy (non-hydrogen) atoms. The van der Waals surface area contributed by atoms with Crippen molar-refractivity contribution in [2.75, 3.05) is 7.11 Å². The molecule has 1 aromatic heterocycles. The van der Waals surface area contributed by atoms with E-state index in [0.29, 0.717) is 29.0 Å². The third-order valence-electron chi connectivity index (χ3n) is 7.40. The number of nitro groups is 1. The Bertz CT molecular complexity index is 1320. The van der Waals surface area contributed by atoms with E-state index in [-0.39, 0.29) is 35.5 Å². The summed E-state index contributed by atoms with van der Waals surface area (Å²) in [4.78, 5) is 39.4. The molecule has 0 saturated heterocycles. The molecule has 0 amide bonds. The average molecular weight is 525 g/mol. The van der Waals surface area contributed by atoms with E-state index in [2.05, 4.69) is 5.32 Å².